The summed E-state index contributed by atoms with van der Waals surface area (Å²) in [6.07, 6.45) is 0.660. The van der Waals surface area contributed by atoms with Crippen LogP contribution in [0.15, 0.2) is 42.5 Å². The number of benzene rings is 1. The Balaban J connectivity index is 2.24. The average molecular weight is 259 g/mol. The van der Waals surface area contributed by atoms with Gasteiger partial charge >= 0.3 is 0 Å². The largest absolute Gasteiger partial charge is 0.466 e. The number of pyridine rings is 1. The molecule has 2 aromatic rings. The zero-order valence-electron chi connectivity index (χ0n) is 10.9. The average Bonchev–Trinajstić information content (AvgIpc) is 2.47. The third-order valence-electron chi connectivity index (χ3n) is 2.70. The molecule has 0 aliphatic rings. The van der Waals surface area contributed by atoms with Crippen molar-refractivity contribution >= 4 is 0 Å². The number of aliphatic hydroxyl groups excluding tert-OH is 1. The van der Waals surface area contributed by atoms with Crippen molar-refractivity contribution < 1.29 is 14.6 Å². The summed E-state index contributed by atoms with van der Waals surface area (Å²) in [7, 11) is 1.58. The van der Waals surface area contributed by atoms with Crippen molar-refractivity contribution in [1.29, 1.82) is 0 Å². The lowest BCUT2D eigenvalue weighted by atomic mass is 10.1. The molecule has 0 amide bonds. The summed E-state index contributed by atoms with van der Waals surface area (Å²) < 4.78 is 10.4. The molecule has 1 N–H and O–H groups in total. The number of aromatic nitrogens is 1. The van der Waals surface area contributed by atoms with Gasteiger partial charge in [-0.25, -0.2) is 0 Å². The lowest BCUT2D eigenvalue weighted by Gasteiger charge is -2.11. The van der Waals surface area contributed by atoms with E-state index in [0.717, 1.165) is 11.3 Å². The fourth-order valence-corrected chi connectivity index (χ4v) is 1.79. The van der Waals surface area contributed by atoms with E-state index in [4.69, 9.17) is 14.6 Å². The highest BCUT2D eigenvalue weighted by Crippen LogP contribution is 2.20. The molecule has 1 heterocycles. The van der Waals surface area contributed by atoms with Crippen LogP contribution >= 0.6 is 0 Å². The zero-order chi connectivity index (χ0) is 13.5. The van der Waals surface area contributed by atoms with Gasteiger partial charge in [-0.05, 0) is 17.7 Å². The lowest BCUT2D eigenvalue weighted by Crippen LogP contribution is -2.05. The van der Waals surface area contributed by atoms with Crippen molar-refractivity contribution in [2.45, 2.75) is 13.0 Å². The van der Waals surface area contributed by atoms with Crippen molar-refractivity contribution in [3.05, 3.63) is 59.4 Å². The van der Waals surface area contributed by atoms with Crippen LogP contribution < -0.4 is 4.74 Å². The summed E-state index contributed by atoms with van der Waals surface area (Å²) in [5.41, 5.74) is 2.58. The number of rotatable bonds is 6. The molecule has 100 valence electrons. The monoisotopic (exact) mass is 259 g/mol. The summed E-state index contributed by atoms with van der Waals surface area (Å²) in [6.45, 7) is 0.105. The molecule has 19 heavy (non-hydrogen) atoms. The smallest absolute Gasteiger partial charge is 0.188 e. The minimum Gasteiger partial charge on any atom is -0.466 e. The van der Waals surface area contributed by atoms with Gasteiger partial charge < -0.3 is 14.6 Å². The molecule has 0 fully saturated rings. The molecular weight excluding hydrogens is 242 g/mol. The Kier molecular flexibility index (Phi) is 4.89. The normalized spacial score (nSPS) is 10.4. The molecule has 0 saturated heterocycles. The van der Waals surface area contributed by atoms with Gasteiger partial charge in [0.15, 0.2) is 6.79 Å². The minimum absolute atomic E-state index is 0.0770. The van der Waals surface area contributed by atoms with Gasteiger partial charge in [-0.2, -0.15) is 0 Å². The highest BCUT2D eigenvalue weighted by Gasteiger charge is 2.08. The maximum Gasteiger partial charge on any atom is 0.188 e. The predicted molar refractivity (Wildman–Crippen MR) is 71.9 cm³/mol. The predicted octanol–water partition coefficient (Wildman–Crippen LogP) is 2.15. The van der Waals surface area contributed by atoms with E-state index in [1.54, 1.807) is 13.2 Å². The third-order valence-corrected chi connectivity index (χ3v) is 2.70. The van der Waals surface area contributed by atoms with E-state index in [-0.39, 0.29) is 13.4 Å². The van der Waals surface area contributed by atoms with Crippen molar-refractivity contribution in [3.63, 3.8) is 0 Å². The topological polar surface area (TPSA) is 51.6 Å². The molecule has 1 aromatic heterocycles. The van der Waals surface area contributed by atoms with Crippen molar-refractivity contribution in [3.8, 4) is 5.75 Å². The Bertz CT molecular complexity index is 514. The quantitative estimate of drug-likeness (QED) is 0.808. The van der Waals surface area contributed by atoms with E-state index in [1.807, 2.05) is 36.4 Å². The molecule has 2 rings (SSSR count). The Morgan fingerprint density at radius 1 is 1.11 bits per heavy atom. The second kappa shape index (κ2) is 6.87. The Morgan fingerprint density at radius 3 is 2.58 bits per heavy atom. The molecule has 0 atom stereocenters. The Morgan fingerprint density at radius 2 is 1.89 bits per heavy atom. The first-order chi connectivity index (χ1) is 9.33. The summed E-state index contributed by atoms with van der Waals surface area (Å²) in [4.78, 5) is 4.41. The van der Waals surface area contributed by atoms with Gasteiger partial charge in [-0.1, -0.05) is 30.3 Å². The molecule has 0 spiro atoms. The molecular formula is C15H17NO3. The van der Waals surface area contributed by atoms with Crippen LogP contribution in [0, 0.1) is 0 Å². The first kappa shape index (κ1) is 13.5. The highest BCUT2D eigenvalue weighted by atomic mass is 16.7. The molecule has 4 heteroatoms. The second-order valence-electron chi connectivity index (χ2n) is 4.12. The molecule has 1 aromatic carbocycles. The Labute approximate surface area is 112 Å². The number of aliphatic hydroxyl groups is 1. The first-order valence-corrected chi connectivity index (χ1v) is 6.09. The van der Waals surface area contributed by atoms with Gasteiger partial charge in [0.05, 0.1) is 18.0 Å². The van der Waals surface area contributed by atoms with E-state index in [0.29, 0.717) is 17.9 Å². The van der Waals surface area contributed by atoms with Crippen molar-refractivity contribution in [2.75, 3.05) is 13.9 Å². The van der Waals surface area contributed by atoms with E-state index >= 15 is 0 Å². The van der Waals surface area contributed by atoms with E-state index < -0.39 is 0 Å². The number of methoxy groups -OCH3 is 1. The van der Waals surface area contributed by atoms with Crippen LogP contribution in [0.5, 0.6) is 5.75 Å². The molecule has 0 bridgehead atoms. The van der Waals surface area contributed by atoms with Crippen molar-refractivity contribution in [2.24, 2.45) is 0 Å². The molecule has 4 nitrogen and oxygen atoms in total. The van der Waals surface area contributed by atoms with Crippen LogP contribution in [-0.4, -0.2) is 24.0 Å². The molecule has 0 unspecified atom stereocenters. The Hall–Kier alpha value is -1.91. The summed E-state index contributed by atoms with van der Waals surface area (Å²) in [6, 6.07) is 13.6. The van der Waals surface area contributed by atoms with Gasteiger partial charge in [-0.3, -0.25) is 4.98 Å². The molecule has 0 aliphatic carbocycles. The number of ether oxygens (including phenoxy) is 2. The highest BCUT2D eigenvalue weighted by molar-refractivity contribution is 5.33. The molecule has 0 saturated carbocycles. The van der Waals surface area contributed by atoms with E-state index in [9.17, 15) is 0 Å². The van der Waals surface area contributed by atoms with Gasteiger partial charge in [0.2, 0.25) is 0 Å². The second-order valence-corrected chi connectivity index (χ2v) is 4.12. The number of nitrogens with zero attached hydrogens (tertiary/aromatic N) is 1. The number of hydrogen-bond acceptors (Lipinski definition) is 4. The zero-order valence-corrected chi connectivity index (χ0v) is 10.9. The van der Waals surface area contributed by atoms with Gasteiger partial charge in [0.1, 0.15) is 5.75 Å². The molecule has 0 aliphatic heterocycles. The summed E-state index contributed by atoms with van der Waals surface area (Å²) in [5, 5.41) is 9.17. The lowest BCUT2D eigenvalue weighted by molar-refractivity contribution is 0.0501. The number of hydrogen-bond donors (Lipinski definition) is 1. The van der Waals surface area contributed by atoms with Gasteiger partial charge in [0, 0.05) is 13.5 Å². The third kappa shape index (κ3) is 3.77. The SMILES string of the molecule is COCOc1ccc(CO)nc1Cc1ccccc1. The van der Waals surface area contributed by atoms with Crippen LogP contribution in [0.2, 0.25) is 0 Å². The van der Waals surface area contributed by atoms with Crippen LogP contribution in [-0.2, 0) is 17.8 Å². The fourth-order valence-electron chi connectivity index (χ4n) is 1.79. The fraction of sp³-hybridized carbons (Fsp3) is 0.267. The van der Waals surface area contributed by atoms with Crippen LogP contribution in [0.4, 0.5) is 0 Å². The molecule has 0 radical (unpaired) electrons. The van der Waals surface area contributed by atoms with E-state index in [1.165, 1.54) is 0 Å². The summed E-state index contributed by atoms with van der Waals surface area (Å²) in [5.74, 6) is 0.683. The van der Waals surface area contributed by atoms with Crippen LogP contribution in [0.3, 0.4) is 0 Å². The maximum atomic E-state index is 9.17. The summed E-state index contributed by atoms with van der Waals surface area (Å²) >= 11 is 0. The van der Waals surface area contributed by atoms with Gasteiger partial charge in [0.25, 0.3) is 0 Å². The minimum atomic E-state index is -0.0770. The first-order valence-electron chi connectivity index (χ1n) is 6.09. The standard InChI is InChI=1S/C15H17NO3/c1-18-11-19-15-8-7-13(10-17)16-14(15)9-12-5-3-2-4-6-12/h2-8,17H,9-11H2,1H3. The maximum absolute atomic E-state index is 9.17. The van der Waals surface area contributed by atoms with E-state index in [2.05, 4.69) is 4.98 Å². The van der Waals surface area contributed by atoms with Crippen LogP contribution in [0.1, 0.15) is 17.0 Å². The van der Waals surface area contributed by atoms with Gasteiger partial charge in [-0.15, -0.1) is 0 Å². The van der Waals surface area contributed by atoms with Crippen molar-refractivity contribution in [1.82, 2.24) is 4.98 Å². The van der Waals surface area contributed by atoms with Crippen LogP contribution in [0.25, 0.3) is 0 Å².